The summed E-state index contributed by atoms with van der Waals surface area (Å²) in [7, 11) is 1.86. The molecule has 1 rings (SSSR count). The summed E-state index contributed by atoms with van der Waals surface area (Å²) < 4.78 is 0. The van der Waals surface area contributed by atoms with Gasteiger partial charge in [0.05, 0.1) is 6.04 Å². The molecule has 3 nitrogen and oxygen atoms in total. The molecule has 0 bridgehead atoms. The summed E-state index contributed by atoms with van der Waals surface area (Å²) in [6.07, 6.45) is 5.75. The smallest absolute Gasteiger partial charge is 0.237 e. The Morgan fingerprint density at radius 2 is 1.93 bits per heavy atom. The van der Waals surface area contributed by atoms with E-state index in [0.717, 1.165) is 19.3 Å². The lowest BCUT2D eigenvalue weighted by molar-refractivity contribution is -0.124. The molecule has 0 aromatic rings. The maximum atomic E-state index is 11.9. The Morgan fingerprint density at radius 1 is 1.33 bits per heavy atom. The number of rotatable bonds is 5. The molecule has 88 valence electrons. The molecule has 0 heterocycles. The van der Waals surface area contributed by atoms with Crippen LogP contribution in [0.1, 0.15) is 46.0 Å². The monoisotopic (exact) mass is 212 g/mol. The van der Waals surface area contributed by atoms with Crippen molar-refractivity contribution in [1.82, 2.24) is 10.6 Å². The van der Waals surface area contributed by atoms with Crippen molar-refractivity contribution >= 4 is 5.91 Å². The first-order chi connectivity index (χ1) is 7.13. The van der Waals surface area contributed by atoms with Gasteiger partial charge in [-0.05, 0) is 32.2 Å². The van der Waals surface area contributed by atoms with E-state index < -0.39 is 0 Å². The quantitative estimate of drug-likeness (QED) is 0.728. The van der Waals surface area contributed by atoms with Gasteiger partial charge in [-0.2, -0.15) is 0 Å². The Labute approximate surface area is 93.0 Å². The fraction of sp³-hybridized carbons (Fsp3) is 0.917. The molecule has 1 fully saturated rings. The van der Waals surface area contributed by atoms with Gasteiger partial charge in [-0.3, -0.25) is 4.79 Å². The molecule has 1 aliphatic carbocycles. The normalized spacial score (nSPS) is 19.5. The molecule has 1 saturated carbocycles. The Balaban J connectivity index is 2.34. The molecule has 15 heavy (non-hydrogen) atoms. The summed E-state index contributed by atoms with van der Waals surface area (Å²) in [6, 6.07) is 0.408. The number of hydrogen-bond donors (Lipinski definition) is 2. The summed E-state index contributed by atoms with van der Waals surface area (Å²) in [6.45, 7) is 4.29. The molecule has 1 aliphatic rings. The van der Waals surface area contributed by atoms with Crippen molar-refractivity contribution in [2.75, 3.05) is 7.05 Å². The van der Waals surface area contributed by atoms with Gasteiger partial charge in [0.2, 0.25) is 5.91 Å². The van der Waals surface area contributed by atoms with Gasteiger partial charge in [0, 0.05) is 6.04 Å². The maximum Gasteiger partial charge on any atom is 0.237 e. The highest BCUT2D eigenvalue weighted by atomic mass is 16.2. The first-order valence-corrected chi connectivity index (χ1v) is 6.11. The van der Waals surface area contributed by atoms with Crippen LogP contribution < -0.4 is 10.6 Å². The fourth-order valence-electron chi connectivity index (χ4n) is 2.20. The van der Waals surface area contributed by atoms with Crippen molar-refractivity contribution in [2.24, 2.45) is 5.92 Å². The highest BCUT2D eigenvalue weighted by Gasteiger charge is 2.22. The molecule has 0 saturated heterocycles. The molecule has 0 aromatic carbocycles. The van der Waals surface area contributed by atoms with Crippen LogP contribution in [-0.2, 0) is 4.79 Å². The minimum absolute atomic E-state index is 0.0226. The highest BCUT2D eigenvalue weighted by Crippen LogP contribution is 2.18. The standard InChI is InChI=1S/C12H24N2O/c1-9(2)8-11(13-3)12(15)14-10-6-4-5-7-10/h9-11,13H,4-8H2,1-3H3,(H,14,15). The van der Waals surface area contributed by atoms with E-state index in [1.807, 2.05) is 7.05 Å². The molecular weight excluding hydrogens is 188 g/mol. The zero-order valence-electron chi connectivity index (χ0n) is 10.2. The zero-order chi connectivity index (χ0) is 11.3. The van der Waals surface area contributed by atoms with Gasteiger partial charge >= 0.3 is 0 Å². The number of hydrogen-bond acceptors (Lipinski definition) is 2. The van der Waals surface area contributed by atoms with Gasteiger partial charge in [-0.25, -0.2) is 0 Å². The van der Waals surface area contributed by atoms with E-state index in [2.05, 4.69) is 24.5 Å². The molecule has 1 unspecified atom stereocenters. The lowest BCUT2D eigenvalue weighted by Crippen LogP contribution is -2.46. The van der Waals surface area contributed by atoms with E-state index in [1.54, 1.807) is 0 Å². The number of carbonyl (C=O) groups excluding carboxylic acids is 1. The molecule has 1 amide bonds. The summed E-state index contributed by atoms with van der Waals surface area (Å²) >= 11 is 0. The van der Waals surface area contributed by atoms with Crippen molar-refractivity contribution in [3.05, 3.63) is 0 Å². The Kier molecular flexibility index (Phi) is 5.09. The largest absolute Gasteiger partial charge is 0.352 e. The fourth-order valence-corrected chi connectivity index (χ4v) is 2.20. The van der Waals surface area contributed by atoms with E-state index in [0.29, 0.717) is 12.0 Å². The molecule has 0 radical (unpaired) electrons. The summed E-state index contributed by atoms with van der Waals surface area (Å²) in [5.74, 6) is 0.731. The van der Waals surface area contributed by atoms with Crippen LogP contribution in [0.2, 0.25) is 0 Å². The molecule has 2 N–H and O–H groups in total. The van der Waals surface area contributed by atoms with Crippen molar-refractivity contribution in [3.8, 4) is 0 Å². The summed E-state index contributed by atoms with van der Waals surface area (Å²) in [5.41, 5.74) is 0. The van der Waals surface area contributed by atoms with Crippen LogP contribution in [0, 0.1) is 5.92 Å². The van der Waals surface area contributed by atoms with Gasteiger partial charge < -0.3 is 10.6 Å². The van der Waals surface area contributed by atoms with Crippen LogP contribution in [-0.4, -0.2) is 25.0 Å². The van der Waals surface area contributed by atoms with Crippen LogP contribution in [0.5, 0.6) is 0 Å². The number of nitrogens with one attached hydrogen (secondary N) is 2. The third kappa shape index (κ3) is 4.20. The third-order valence-electron chi connectivity index (χ3n) is 3.07. The lowest BCUT2D eigenvalue weighted by atomic mass is 10.0. The topological polar surface area (TPSA) is 41.1 Å². The molecule has 1 atom stereocenters. The van der Waals surface area contributed by atoms with Crippen molar-refractivity contribution < 1.29 is 4.79 Å². The number of likely N-dealkylation sites (N-methyl/N-ethyl adjacent to an activating group) is 1. The van der Waals surface area contributed by atoms with Crippen LogP contribution in [0.4, 0.5) is 0 Å². The molecule has 0 spiro atoms. The van der Waals surface area contributed by atoms with Gasteiger partial charge in [0.25, 0.3) is 0 Å². The van der Waals surface area contributed by atoms with E-state index in [1.165, 1.54) is 12.8 Å². The molecule has 0 aliphatic heterocycles. The van der Waals surface area contributed by atoms with Crippen LogP contribution >= 0.6 is 0 Å². The first kappa shape index (κ1) is 12.5. The predicted molar refractivity (Wildman–Crippen MR) is 62.7 cm³/mol. The minimum Gasteiger partial charge on any atom is -0.352 e. The number of carbonyl (C=O) groups is 1. The van der Waals surface area contributed by atoms with Gasteiger partial charge in [-0.15, -0.1) is 0 Å². The lowest BCUT2D eigenvalue weighted by Gasteiger charge is -2.20. The van der Waals surface area contributed by atoms with Gasteiger partial charge in [0.15, 0.2) is 0 Å². The van der Waals surface area contributed by atoms with Crippen molar-refractivity contribution in [2.45, 2.75) is 58.0 Å². The highest BCUT2D eigenvalue weighted by molar-refractivity contribution is 5.82. The van der Waals surface area contributed by atoms with E-state index >= 15 is 0 Å². The second-order valence-electron chi connectivity index (χ2n) is 4.96. The molecule has 0 aromatic heterocycles. The second-order valence-corrected chi connectivity index (χ2v) is 4.96. The third-order valence-corrected chi connectivity index (χ3v) is 3.07. The predicted octanol–water partition coefficient (Wildman–Crippen LogP) is 1.68. The van der Waals surface area contributed by atoms with E-state index in [-0.39, 0.29) is 11.9 Å². The average molecular weight is 212 g/mol. The van der Waals surface area contributed by atoms with Gasteiger partial charge in [0.1, 0.15) is 0 Å². The first-order valence-electron chi connectivity index (χ1n) is 6.11. The molecule has 3 heteroatoms. The zero-order valence-corrected chi connectivity index (χ0v) is 10.2. The minimum atomic E-state index is -0.0226. The SMILES string of the molecule is CNC(CC(C)C)C(=O)NC1CCCC1. The maximum absolute atomic E-state index is 11.9. The number of amides is 1. The van der Waals surface area contributed by atoms with Gasteiger partial charge in [-0.1, -0.05) is 26.7 Å². The Hall–Kier alpha value is -0.570. The van der Waals surface area contributed by atoms with Crippen LogP contribution in [0.15, 0.2) is 0 Å². The average Bonchev–Trinajstić information content (AvgIpc) is 2.66. The van der Waals surface area contributed by atoms with Crippen molar-refractivity contribution in [1.29, 1.82) is 0 Å². The van der Waals surface area contributed by atoms with E-state index in [4.69, 9.17) is 0 Å². The Morgan fingerprint density at radius 3 is 2.40 bits per heavy atom. The van der Waals surface area contributed by atoms with Crippen LogP contribution in [0.25, 0.3) is 0 Å². The summed E-state index contributed by atoms with van der Waals surface area (Å²) in [5, 5.41) is 6.23. The molecular formula is C12H24N2O. The second kappa shape index (κ2) is 6.11. The summed E-state index contributed by atoms with van der Waals surface area (Å²) in [4.78, 5) is 11.9. The van der Waals surface area contributed by atoms with Crippen LogP contribution in [0.3, 0.4) is 0 Å². The van der Waals surface area contributed by atoms with E-state index in [9.17, 15) is 4.79 Å². The Bertz CT molecular complexity index is 198. The van der Waals surface area contributed by atoms with Crippen molar-refractivity contribution in [3.63, 3.8) is 0 Å².